The highest BCUT2D eigenvalue weighted by Crippen LogP contribution is 2.34. The fraction of sp³-hybridized carbons (Fsp3) is 0.0417. The summed E-state index contributed by atoms with van der Waals surface area (Å²) in [7, 11) is 0. The molecule has 6 nitrogen and oxygen atoms in total. The van der Waals surface area contributed by atoms with Gasteiger partial charge in [-0.1, -0.05) is 60.1 Å². The van der Waals surface area contributed by atoms with Crippen LogP contribution in [0, 0.1) is 0 Å². The average Bonchev–Trinajstić information content (AvgIpc) is 2.79. The lowest BCUT2D eigenvalue weighted by Gasteiger charge is -2.10. The number of halogens is 1. The number of ether oxygens (including phenoxy) is 1. The summed E-state index contributed by atoms with van der Waals surface area (Å²) < 4.78 is 10.6. The van der Waals surface area contributed by atoms with Gasteiger partial charge in [-0.15, -0.1) is 0 Å². The molecule has 0 fully saturated rings. The molecule has 0 saturated heterocycles. The van der Waals surface area contributed by atoms with E-state index in [1.807, 2.05) is 30.3 Å². The maximum absolute atomic E-state index is 12.2. The Bertz CT molecular complexity index is 1320. The quantitative estimate of drug-likeness (QED) is 0.285. The van der Waals surface area contributed by atoms with Crippen LogP contribution < -0.4 is 15.7 Å². The molecule has 0 aliphatic rings. The van der Waals surface area contributed by atoms with Gasteiger partial charge in [0.1, 0.15) is 12.1 Å². The number of nitrogens with one attached hydrogen (secondary N) is 1. The van der Waals surface area contributed by atoms with E-state index >= 15 is 0 Å². The highest BCUT2D eigenvalue weighted by atomic mass is 35.5. The molecular weight excluding hydrogens is 418 g/mol. The lowest BCUT2D eigenvalue weighted by atomic mass is 10.0. The predicted octanol–water partition coefficient (Wildman–Crippen LogP) is 4.45. The first-order valence-corrected chi connectivity index (χ1v) is 9.76. The normalized spacial score (nSPS) is 10.6. The second kappa shape index (κ2) is 8.85. The highest BCUT2D eigenvalue weighted by Gasteiger charge is 2.15. The molecule has 7 heteroatoms. The Morgan fingerprint density at radius 1 is 0.935 bits per heavy atom. The second-order valence-corrected chi connectivity index (χ2v) is 7.05. The summed E-state index contributed by atoms with van der Waals surface area (Å²) in [4.78, 5) is 36.3. The predicted molar refractivity (Wildman–Crippen MR) is 117 cm³/mol. The van der Waals surface area contributed by atoms with E-state index in [9.17, 15) is 14.4 Å². The molecule has 1 heterocycles. The minimum Gasteiger partial charge on any atom is -0.423 e. The van der Waals surface area contributed by atoms with Crippen molar-refractivity contribution in [3.63, 3.8) is 0 Å². The smallest absolute Gasteiger partial charge is 0.336 e. The minimum atomic E-state index is -0.716. The van der Waals surface area contributed by atoms with Crippen molar-refractivity contribution in [1.82, 2.24) is 5.32 Å². The Morgan fingerprint density at radius 2 is 1.61 bits per heavy atom. The van der Waals surface area contributed by atoms with Crippen LogP contribution in [0.3, 0.4) is 0 Å². The number of carbonyl (C=O) groups is 2. The first-order valence-electron chi connectivity index (χ1n) is 9.38. The van der Waals surface area contributed by atoms with E-state index in [2.05, 4.69) is 5.32 Å². The zero-order chi connectivity index (χ0) is 21.8. The number of carbonyl (C=O) groups excluding carboxylic acids is 2. The van der Waals surface area contributed by atoms with Crippen LogP contribution in [0.25, 0.3) is 22.1 Å². The topological polar surface area (TPSA) is 85.6 Å². The third-order valence-corrected chi connectivity index (χ3v) is 4.83. The Hall–Kier alpha value is -3.90. The molecule has 1 amide bonds. The summed E-state index contributed by atoms with van der Waals surface area (Å²) in [6, 6.07) is 22.2. The first kappa shape index (κ1) is 20.4. The summed E-state index contributed by atoms with van der Waals surface area (Å²) in [5.74, 6) is -1.09. The Kier molecular flexibility index (Phi) is 5.82. The van der Waals surface area contributed by atoms with Crippen LogP contribution in [0.1, 0.15) is 10.4 Å². The van der Waals surface area contributed by atoms with E-state index in [1.54, 1.807) is 36.4 Å². The zero-order valence-electron chi connectivity index (χ0n) is 16.1. The van der Waals surface area contributed by atoms with Gasteiger partial charge < -0.3 is 14.5 Å². The van der Waals surface area contributed by atoms with Gasteiger partial charge >= 0.3 is 11.6 Å². The molecule has 0 spiro atoms. The molecule has 4 aromatic rings. The summed E-state index contributed by atoms with van der Waals surface area (Å²) in [5.41, 5.74) is 1.59. The molecule has 0 aliphatic heterocycles. The lowest BCUT2D eigenvalue weighted by Crippen LogP contribution is -2.31. The number of rotatable bonds is 5. The minimum absolute atomic E-state index is 0.0292. The largest absolute Gasteiger partial charge is 0.423 e. The second-order valence-electron chi connectivity index (χ2n) is 6.65. The monoisotopic (exact) mass is 433 g/mol. The average molecular weight is 434 g/mol. The molecule has 1 aromatic heterocycles. The van der Waals surface area contributed by atoms with Crippen LogP contribution in [0.5, 0.6) is 5.75 Å². The molecule has 154 valence electrons. The molecule has 4 rings (SSSR count). The van der Waals surface area contributed by atoms with Crippen molar-refractivity contribution < 1.29 is 18.7 Å². The Morgan fingerprint density at radius 3 is 2.32 bits per heavy atom. The number of hydrogen-bond donors (Lipinski definition) is 1. The van der Waals surface area contributed by atoms with E-state index in [4.69, 9.17) is 20.8 Å². The molecule has 3 aromatic carbocycles. The zero-order valence-corrected chi connectivity index (χ0v) is 16.9. The van der Waals surface area contributed by atoms with Crippen LogP contribution in [-0.2, 0) is 4.79 Å². The van der Waals surface area contributed by atoms with Crippen LogP contribution in [0.2, 0.25) is 5.02 Å². The molecule has 31 heavy (non-hydrogen) atoms. The Balaban J connectivity index is 1.56. The van der Waals surface area contributed by atoms with Crippen LogP contribution in [0.15, 0.2) is 88.1 Å². The third kappa shape index (κ3) is 4.65. The van der Waals surface area contributed by atoms with Gasteiger partial charge in [0.05, 0.1) is 5.02 Å². The maximum Gasteiger partial charge on any atom is 0.336 e. The number of amides is 1. The SMILES string of the molecule is O=C(CNC(=O)c1ccccc1)Oc1cc2oc(=O)cc(-c3ccccc3)c2cc1Cl. The van der Waals surface area contributed by atoms with Gasteiger partial charge in [0.2, 0.25) is 0 Å². The van der Waals surface area contributed by atoms with Gasteiger partial charge in [-0.25, -0.2) is 9.59 Å². The van der Waals surface area contributed by atoms with Crippen molar-refractivity contribution >= 4 is 34.4 Å². The van der Waals surface area contributed by atoms with Gasteiger partial charge in [-0.3, -0.25) is 4.79 Å². The molecule has 0 bridgehead atoms. The van der Waals surface area contributed by atoms with Crippen molar-refractivity contribution in [2.75, 3.05) is 6.54 Å². The maximum atomic E-state index is 12.2. The molecule has 0 atom stereocenters. The number of esters is 1. The molecular formula is C24H16ClNO5. The molecule has 0 unspecified atom stereocenters. The van der Waals surface area contributed by atoms with E-state index < -0.39 is 17.5 Å². The lowest BCUT2D eigenvalue weighted by molar-refractivity contribution is -0.133. The van der Waals surface area contributed by atoms with Crippen molar-refractivity contribution in [2.45, 2.75) is 0 Å². The van der Waals surface area contributed by atoms with Crippen LogP contribution >= 0.6 is 11.6 Å². The third-order valence-electron chi connectivity index (χ3n) is 4.53. The van der Waals surface area contributed by atoms with E-state index in [0.717, 1.165) is 5.56 Å². The van der Waals surface area contributed by atoms with Gasteiger partial charge in [-0.2, -0.15) is 0 Å². The summed E-state index contributed by atoms with van der Waals surface area (Å²) in [6.45, 7) is -0.351. The summed E-state index contributed by atoms with van der Waals surface area (Å²) in [6.07, 6.45) is 0. The first-order chi connectivity index (χ1) is 15.0. The number of fused-ring (bicyclic) bond motifs is 1. The van der Waals surface area contributed by atoms with Crippen molar-refractivity contribution in [2.24, 2.45) is 0 Å². The molecule has 0 saturated carbocycles. The fourth-order valence-corrected chi connectivity index (χ4v) is 3.30. The number of hydrogen-bond acceptors (Lipinski definition) is 5. The van der Waals surface area contributed by atoms with Crippen LogP contribution in [-0.4, -0.2) is 18.4 Å². The highest BCUT2D eigenvalue weighted by molar-refractivity contribution is 6.33. The van der Waals surface area contributed by atoms with Crippen molar-refractivity contribution in [1.29, 1.82) is 0 Å². The standard InChI is InChI=1S/C24H16ClNO5/c25-19-11-18-17(15-7-3-1-4-8-15)12-22(27)30-20(18)13-21(19)31-23(28)14-26-24(29)16-9-5-2-6-10-16/h1-13H,14H2,(H,26,29). The molecule has 0 radical (unpaired) electrons. The van der Waals surface area contributed by atoms with Gasteiger partial charge in [-0.05, 0) is 29.3 Å². The van der Waals surface area contributed by atoms with Crippen molar-refractivity contribution in [3.05, 3.63) is 99.9 Å². The van der Waals surface area contributed by atoms with E-state index in [0.29, 0.717) is 16.5 Å². The van der Waals surface area contributed by atoms with E-state index in [1.165, 1.54) is 12.1 Å². The van der Waals surface area contributed by atoms with Gasteiger partial charge in [0.25, 0.3) is 5.91 Å². The van der Waals surface area contributed by atoms with E-state index in [-0.39, 0.29) is 22.9 Å². The van der Waals surface area contributed by atoms with Gasteiger partial charge in [0, 0.05) is 23.1 Å². The van der Waals surface area contributed by atoms with Crippen molar-refractivity contribution in [3.8, 4) is 16.9 Å². The Labute approximate surface area is 182 Å². The number of benzene rings is 3. The summed E-state index contributed by atoms with van der Waals surface area (Å²) in [5, 5.41) is 3.26. The molecule has 1 N–H and O–H groups in total. The van der Waals surface area contributed by atoms with Gasteiger partial charge in [0.15, 0.2) is 5.75 Å². The molecule has 0 aliphatic carbocycles. The van der Waals surface area contributed by atoms with Crippen LogP contribution in [0.4, 0.5) is 0 Å². The fourth-order valence-electron chi connectivity index (χ4n) is 3.10. The summed E-state index contributed by atoms with van der Waals surface area (Å²) >= 11 is 6.32.